The van der Waals surface area contributed by atoms with Crippen molar-refractivity contribution < 1.29 is 23.5 Å². The topological polar surface area (TPSA) is 64.6 Å². The number of amides is 1. The van der Waals surface area contributed by atoms with Crippen LogP contribution in [0.1, 0.15) is 11.1 Å². The third-order valence-electron chi connectivity index (χ3n) is 3.30. The molecule has 0 aliphatic rings. The van der Waals surface area contributed by atoms with Gasteiger partial charge in [-0.2, -0.15) is 0 Å². The van der Waals surface area contributed by atoms with E-state index in [1.807, 2.05) is 18.2 Å². The van der Waals surface area contributed by atoms with Crippen molar-refractivity contribution in [2.24, 2.45) is 0 Å². The Morgan fingerprint density at radius 2 is 1.84 bits per heavy atom. The van der Waals surface area contributed by atoms with Crippen molar-refractivity contribution >= 4 is 18.0 Å². The Balaban J connectivity index is 1.75. The number of carbonyl (C=O) groups is 2. The van der Waals surface area contributed by atoms with Crippen LogP contribution in [0.3, 0.4) is 0 Å². The van der Waals surface area contributed by atoms with Crippen molar-refractivity contribution in [2.75, 3.05) is 13.7 Å². The van der Waals surface area contributed by atoms with Crippen molar-refractivity contribution in [1.29, 1.82) is 0 Å². The highest BCUT2D eigenvalue weighted by molar-refractivity contribution is 5.89. The van der Waals surface area contributed by atoms with Crippen LogP contribution in [0.2, 0.25) is 0 Å². The lowest BCUT2D eigenvalue weighted by atomic mass is 10.2. The molecule has 2 aromatic carbocycles. The van der Waals surface area contributed by atoms with Gasteiger partial charge in [0.15, 0.2) is 6.61 Å². The molecule has 0 aliphatic carbocycles. The van der Waals surface area contributed by atoms with Crippen LogP contribution >= 0.6 is 0 Å². The molecule has 2 rings (SSSR count). The van der Waals surface area contributed by atoms with Crippen molar-refractivity contribution in [2.45, 2.75) is 6.54 Å². The summed E-state index contributed by atoms with van der Waals surface area (Å²) in [6.45, 7) is -0.118. The van der Waals surface area contributed by atoms with Gasteiger partial charge in [0.05, 0.1) is 7.11 Å². The Morgan fingerprint density at radius 1 is 1.12 bits per heavy atom. The van der Waals surface area contributed by atoms with E-state index in [1.165, 1.54) is 36.4 Å². The molecular weight excluding hydrogens is 325 g/mol. The molecule has 0 saturated carbocycles. The largest absolute Gasteiger partial charge is 0.496 e. The first-order valence-electron chi connectivity index (χ1n) is 7.57. The first kappa shape index (κ1) is 18.2. The molecule has 0 bridgehead atoms. The number of halogens is 1. The SMILES string of the molecule is COc1ccccc1CNC(=O)COC(=O)/C=C\c1ccc(F)cc1. The molecule has 0 spiro atoms. The van der Waals surface area contributed by atoms with Crippen LogP contribution in [-0.4, -0.2) is 25.6 Å². The third-order valence-corrected chi connectivity index (χ3v) is 3.30. The third kappa shape index (κ3) is 6.10. The van der Waals surface area contributed by atoms with E-state index in [1.54, 1.807) is 13.2 Å². The fraction of sp³-hybridized carbons (Fsp3) is 0.158. The van der Waals surface area contributed by atoms with Gasteiger partial charge >= 0.3 is 5.97 Å². The van der Waals surface area contributed by atoms with Crippen molar-refractivity contribution in [1.82, 2.24) is 5.32 Å². The molecule has 0 radical (unpaired) electrons. The van der Waals surface area contributed by atoms with Gasteiger partial charge in [-0.15, -0.1) is 0 Å². The van der Waals surface area contributed by atoms with E-state index in [0.717, 1.165) is 5.56 Å². The van der Waals surface area contributed by atoms with Crippen LogP contribution in [0.5, 0.6) is 5.75 Å². The van der Waals surface area contributed by atoms with Crippen molar-refractivity contribution in [3.8, 4) is 5.75 Å². The predicted octanol–water partition coefficient (Wildman–Crippen LogP) is 2.71. The number of nitrogens with one attached hydrogen (secondary N) is 1. The lowest BCUT2D eigenvalue weighted by Crippen LogP contribution is -2.28. The molecule has 0 aliphatic heterocycles. The standard InChI is InChI=1S/C19H18FNO4/c1-24-17-5-3-2-4-15(17)12-21-18(22)13-25-19(23)11-8-14-6-9-16(20)10-7-14/h2-11H,12-13H2,1H3,(H,21,22)/b11-8-. The number of carbonyl (C=O) groups excluding carboxylic acids is 2. The van der Waals surface area contributed by atoms with E-state index < -0.39 is 11.9 Å². The highest BCUT2D eigenvalue weighted by atomic mass is 19.1. The Kier molecular flexibility index (Phi) is 6.71. The second-order valence-electron chi connectivity index (χ2n) is 5.08. The maximum Gasteiger partial charge on any atom is 0.331 e. The second-order valence-corrected chi connectivity index (χ2v) is 5.08. The van der Waals surface area contributed by atoms with E-state index >= 15 is 0 Å². The molecule has 0 saturated heterocycles. The second kappa shape index (κ2) is 9.22. The number of ether oxygens (including phenoxy) is 2. The van der Waals surface area contributed by atoms with E-state index in [-0.39, 0.29) is 19.0 Å². The average Bonchev–Trinajstić information content (AvgIpc) is 2.64. The number of para-hydroxylation sites is 1. The summed E-state index contributed by atoms with van der Waals surface area (Å²) in [5.74, 6) is -0.764. The zero-order valence-corrected chi connectivity index (χ0v) is 13.7. The summed E-state index contributed by atoms with van der Waals surface area (Å²) >= 11 is 0. The fourth-order valence-corrected chi connectivity index (χ4v) is 2.02. The normalized spacial score (nSPS) is 10.5. The molecular formula is C19H18FNO4. The van der Waals surface area contributed by atoms with Gasteiger partial charge in [-0.25, -0.2) is 9.18 Å². The molecule has 130 valence electrons. The van der Waals surface area contributed by atoms with Crippen molar-refractivity contribution in [3.05, 3.63) is 71.6 Å². The Bertz CT molecular complexity index is 756. The molecule has 25 heavy (non-hydrogen) atoms. The van der Waals surface area contributed by atoms with Gasteiger partial charge in [-0.1, -0.05) is 30.3 Å². The zero-order valence-electron chi connectivity index (χ0n) is 13.7. The first-order valence-corrected chi connectivity index (χ1v) is 7.57. The molecule has 2 aromatic rings. The highest BCUT2D eigenvalue weighted by Crippen LogP contribution is 2.16. The summed E-state index contributed by atoms with van der Waals surface area (Å²) in [7, 11) is 1.55. The van der Waals surface area contributed by atoms with Crippen LogP contribution < -0.4 is 10.1 Å². The van der Waals surface area contributed by atoms with Gasteiger partial charge in [0, 0.05) is 18.2 Å². The number of rotatable bonds is 7. The van der Waals surface area contributed by atoms with Crippen LogP contribution in [-0.2, 0) is 20.9 Å². The number of benzene rings is 2. The molecule has 0 unspecified atom stereocenters. The average molecular weight is 343 g/mol. The number of esters is 1. The summed E-state index contributed by atoms with van der Waals surface area (Å²) in [6, 6.07) is 12.9. The molecule has 6 heteroatoms. The molecule has 0 fully saturated rings. The summed E-state index contributed by atoms with van der Waals surface area (Å²) in [5, 5.41) is 2.65. The van der Waals surface area contributed by atoms with E-state index in [4.69, 9.17) is 9.47 Å². The maximum atomic E-state index is 12.8. The van der Waals surface area contributed by atoms with Gasteiger partial charge in [0.2, 0.25) is 0 Å². The van der Waals surface area contributed by atoms with E-state index in [2.05, 4.69) is 5.32 Å². The van der Waals surface area contributed by atoms with Crippen LogP contribution in [0, 0.1) is 5.82 Å². The van der Waals surface area contributed by atoms with Crippen molar-refractivity contribution in [3.63, 3.8) is 0 Å². The minimum absolute atomic E-state index is 0.270. The Labute approximate surface area is 145 Å². The molecule has 0 heterocycles. The monoisotopic (exact) mass is 343 g/mol. The lowest BCUT2D eigenvalue weighted by Gasteiger charge is -2.09. The Hall–Kier alpha value is -3.15. The first-order chi connectivity index (χ1) is 12.1. The lowest BCUT2D eigenvalue weighted by molar-refractivity contribution is -0.143. The van der Waals surface area contributed by atoms with Crippen LogP contribution in [0.4, 0.5) is 4.39 Å². The molecule has 1 N–H and O–H groups in total. The van der Waals surface area contributed by atoms with Gasteiger partial charge < -0.3 is 14.8 Å². The smallest absolute Gasteiger partial charge is 0.331 e. The number of methoxy groups -OCH3 is 1. The zero-order chi connectivity index (χ0) is 18.1. The molecule has 0 aromatic heterocycles. The summed E-state index contributed by atoms with van der Waals surface area (Å²) < 4.78 is 22.8. The number of hydrogen-bond donors (Lipinski definition) is 1. The molecule has 5 nitrogen and oxygen atoms in total. The number of hydrogen-bond acceptors (Lipinski definition) is 4. The minimum atomic E-state index is -0.656. The maximum absolute atomic E-state index is 12.8. The van der Waals surface area contributed by atoms with Gasteiger partial charge in [0.25, 0.3) is 5.91 Å². The van der Waals surface area contributed by atoms with E-state index in [9.17, 15) is 14.0 Å². The van der Waals surface area contributed by atoms with Gasteiger partial charge in [0.1, 0.15) is 11.6 Å². The quantitative estimate of drug-likeness (QED) is 0.620. The van der Waals surface area contributed by atoms with Crippen LogP contribution in [0.25, 0.3) is 6.08 Å². The highest BCUT2D eigenvalue weighted by Gasteiger charge is 2.07. The summed E-state index contributed by atoms with van der Waals surface area (Å²) in [6.07, 6.45) is 2.66. The molecule has 0 atom stereocenters. The fourth-order valence-electron chi connectivity index (χ4n) is 2.02. The van der Waals surface area contributed by atoms with E-state index in [0.29, 0.717) is 11.3 Å². The predicted molar refractivity (Wildman–Crippen MR) is 91.2 cm³/mol. The Morgan fingerprint density at radius 3 is 2.56 bits per heavy atom. The summed E-state index contributed by atoms with van der Waals surface area (Å²) in [5.41, 5.74) is 1.47. The minimum Gasteiger partial charge on any atom is -0.496 e. The summed E-state index contributed by atoms with van der Waals surface area (Å²) in [4.78, 5) is 23.3. The van der Waals surface area contributed by atoms with Gasteiger partial charge in [-0.05, 0) is 29.8 Å². The van der Waals surface area contributed by atoms with Crippen LogP contribution in [0.15, 0.2) is 54.6 Å². The molecule has 1 amide bonds. The van der Waals surface area contributed by atoms with Gasteiger partial charge in [-0.3, -0.25) is 4.79 Å².